The highest BCUT2D eigenvalue weighted by atomic mass is 32.2. The molecule has 1 aromatic carbocycles. The van der Waals surface area contributed by atoms with Crippen molar-refractivity contribution in [3.8, 4) is 11.5 Å². The molecule has 0 fully saturated rings. The number of hydrogen-bond acceptors (Lipinski definition) is 8. The van der Waals surface area contributed by atoms with Crippen molar-refractivity contribution in [2.45, 2.75) is 50.4 Å². The van der Waals surface area contributed by atoms with Crippen molar-refractivity contribution in [2.75, 3.05) is 0 Å². The summed E-state index contributed by atoms with van der Waals surface area (Å²) in [5.74, 6) is 1.14. The number of thioether (sulfide) groups is 1. The van der Waals surface area contributed by atoms with E-state index in [0.29, 0.717) is 46.2 Å². The molecule has 0 saturated heterocycles. The number of aromatic nitrogens is 6. The molecule has 33 heavy (non-hydrogen) atoms. The molecule has 3 heterocycles. The van der Waals surface area contributed by atoms with Crippen molar-refractivity contribution >= 4 is 22.8 Å². The first-order valence-corrected chi connectivity index (χ1v) is 11.5. The van der Waals surface area contributed by atoms with E-state index >= 15 is 0 Å². The van der Waals surface area contributed by atoms with Crippen LogP contribution in [0.3, 0.4) is 0 Å². The third kappa shape index (κ3) is 4.45. The fraction of sp³-hybridized carbons (Fsp3) is 0.364. The number of aryl methyl sites for hydroxylation is 1. The van der Waals surface area contributed by atoms with E-state index in [2.05, 4.69) is 20.1 Å². The van der Waals surface area contributed by atoms with Crippen LogP contribution in [0.2, 0.25) is 0 Å². The van der Waals surface area contributed by atoms with Crippen LogP contribution in [0, 0.1) is 5.82 Å². The van der Waals surface area contributed by atoms with Crippen molar-refractivity contribution < 1.29 is 8.91 Å². The number of hydrogen-bond donors (Lipinski definition) is 0. The van der Waals surface area contributed by atoms with Gasteiger partial charge in [-0.1, -0.05) is 37.7 Å². The first kappa shape index (κ1) is 22.8. The molecule has 9 nitrogen and oxygen atoms in total. The summed E-state index contributed by atoms with van der Waals surface area (Å²) in [4.78, 5) is 39.3. The number of nitrogens with zero attached hydrogens (tertiary/aromatic N) is 6. The number of benzene rings is 1. The Morgan fingerprint density at radius 1 is 1.12 bits per heavy atom. The van der Waals surface area contributed by atoms with Crippen LogP contribution in [-0.4, -0.2) is 29.2 Å². The van der Waals surface area contributed by atoms with Gasteiger partial charge in [-0.3, -0.25) is 13.9 Å². The third-order valence-electron chi connectivity index (χ3n) is 5.03. The van der Waals surface area contributed by atoms with Gasteiger partial charge in [0.05, 0.1) is 5.75 Å². The Bertz CT molecular complexity index is 1430. The quantitative estimate of drug-likeness (QED) is 0.298. The molecule has 11 heteroatoms. The summed E-state index contributed by atoms with van der Waals surface area (Å²) in [6.07, 6.45) is 0.714. The molecular formula is C22H23FN6O3S. The van der Waals surface area contributed by atoms with E-state index in [0.717, 1.165) is 4.57 Å². The standard InChI is InChI=1S/C22H23FN6O3S/c1-5-10-29-18-16(21(30)28(4)22(29)31)20(26-17(25-18)12(2)3)33-11-15-24-19(32-27-15)13-6-8-14(23)9-7-13/h6-9,12H,5,10-11H2,1-4H3. The van der Waals surface area contributed by atoms with Gasteiger partial charge in [-0.2, -0.15) is 4.98 Å². The minimum Gasteiger partial charge on any atom is -0.334 e. The van der Waals surface area contributed by atoms with Crippen LogP contribution in [0.4, 0.5) is 4.39 Å². The molecule has 0 radical (unpaired) electrons. The summed E-state index contributed by atoms with van der Waals surface area (Å²) in [5, 5.41) is 4.74. The van der Waals surface area contributed by atoms with Gasteiger partial charge in [0.15, 0.2) is 11.5 Å². The fourth-order valence-corrected chi connectivity index (χ4v) is 4.16. The average molecular weight is 471 g/mol. The van der Waals surface area contributed by atoms with Gasteiger partial charge in [0.25, 0.3) is 11.4 Å². The van der Waals surface area contributed by atoms with Crippen LogP contribution in [0.15, 0.2) is 43.4 Å². The van der Waals surface area contributed by atoms with Gasteiger partial charge < -0.3 is 4.52 Å². The predicted molar refractivity (Wildman–Crippen MR) is 123 cm³/mol. The van der Waals surface area contributed by atoms with Gasteiger partial charge in [0, 0.05) is 25.1 Å². The highest BCUT2D eigenvalue weighted by Crippen LogP contribution is 2.28. The molecule has 172 valence electrons. The zero-order chi connectivity index (χ0) is 23.7. The molecule has 0 aliphatic rings. The lowest BCUT2D eigenvalue weighted by Gasteiger charge is -2.14. The Morgan fingerprint density at radius 3 is 2.52 bits per heavy atom. The molecule has 0 aliphatic heterocycles. The van der Waals surface area contributed by atoms with Crippen molar-refractivity contribution in [3.63, 3.8) is 0 Å². The second-order valence-corrected chi connectivity index (χ2v) is 8.81. The largest absolute Gasteiger partial charge is 0.334 e. The van der Waals surface area contributed by atoms with Crippen molar-refractivity contribution in [3.05, 3.63) is 62.6 Å². The minimum atomic E-state index is -0.444. The maximum atomic E-state index is 13.2. The van der Waals surface area contributed by atoms with E-state index < -0.39 is 11.2 Å². The minimum absolute atomic E-state index is 0.00163. The highest BCUT2D eigenvalue weighted by Gasteiger charge is 2.20. The summed E-state index contributed by atoms with van der Waals surface area (Å²) >= 11 is 1.28. The van der Waals surface area contributed by atoms with Gasteiger partial charge in [-0.25, -0.2) is 19.2 Å². The van der Waals surface area contributed by atoms with Crippen LogP contribution < -0.4 is 11.2 Å². The van der Waals surface area contributed by atoms with Gasteiger partial charge >= 0.3 is 5.69 Å². The van der Waals surface area contributed by atoms with Crippen LogP contribution in [0.25, 0.3) is 22.5 Å². The summed E-state index contributed by atoms with van der Waals surface area (Å²) in [5.41, 5.74) is 0.0968. The van der Waals surface area contributed by atoms with Crippen LogP contribution >= 0.6 is 11.8 Å². The number of fused-ring (bicyclic) bond motifs is 1. The van der Waals surface area contributed by atoms with Gasteiger partial charge in [0.2, 0.25) is 0 Å². The molecule has 0 aliphatic carbocycles. The van der Waals surface area contributed by atoms with E-state index in [4.69, 9.17) is 4.52 Å². The molecule has 0 N–H and O–H groups in total. The molecule has 4 aromatic rings. The van der Waals surface area contributed by atoms with E-state index in [1.807, 2.05) is 20.8 Å². The van der Waals surface area contributed by atoms with E-state index in [1.54, 1.807) is 12.1 Å². The number of halogens is 1. The summed E-state index contributed by atoms with van der Waals surface area (Å²) < 4.78 is 21.1. The Balaban J connectivity index is 1.75. The third-order valence-corrected chi connectivity index (χ3v) is 6.00. The first-order chi connectivity index (χ1) is 15.8. The van der Waals surface area contributed by atoms with Gasteiger partial charge in [-0.15, -0.1) is 0 Å². The van der Waals surface area contributed by atoms with Gasteiger partial charge in [-0.05, 0) is 30.7 Å². The molecule has 0 amide bonds. The normalized spacial score (nSPS) is 11.6. The first-order valence-electron chi connectivity index (χ1n) is 10.5. The summed E-state index contributed by atoms with van der Waals surface area (Å²) in [6, 6.07) is 5.76. The topological polar surface area (TPSA) is 109 Å². The second kappa shape index (κ2) is 9.26. The lowest BCUT2D eigenvalue weighted by Crippen LogP contribution is -2.39. The lowest BCUT2D eigenvalue weighted by atomic mass is 10.2. The molecule has 3 aromatic heterocycles. The zero-order valence-corrected chi connectivity index (χ0v) is 19.5. The van der Waals surface area contributed by atoms with Crippen molar-refractivity contribution in [1.29, 1.82) is 0 Å². The summed E-state index contributed by atoms with van der Waals surface area (Å²) in [7, 11) is 1.45. The smallest absolute Gasteiger partial charge is 0.332 e. The molecule has 4 rings (SSSR count). The Hall–Kier alpha value is -3.34. The van der Waals surface area contributed by atoms with E-state index in [-0.39, 0.29) is 23.4 Å². The van der Waals surface area contributed by atoms with Crippen molar-refractivity contribution in [1.82, 2.24) is 29.2 Å². The van der Waals surface area contributed by atoms with Crippen molar-refractivity contribution in [2.24, 2.45) is 7.05 Å². The zero-order valence-electron chi connectivity index (χ0n) is 18.7. The van der Waals surface area contributed by atoms with Crippen LogP contribution in [0.1, 0.15) is 44.8 Å². The molecule has 0 bridgehead atoms. The van der Waals surface area contributed by atoms with Gasteiger partial charge in [0.1, 0.15) is 22.1 Å². The highest BCUT2D eigenvalue weighted by molar-refractivity contribution is 7.98. The van der Waals surface area contributed by atoms with Crippen LogP contribution in [-0.2, 0) is 19.3 Å². The molecule has 0 unspecified atom stereocenters. The Kier molecular flexibility index (Phi) is 6.41. The molecular weight excluding hydrogens is 447 g/mol. The number of rotatable bonds is 7. The molecule has 0 saturated carbocycles. The lowest BCUT2D eigenvalue weighted by molar-refractivity contribution is 0.425. The van der Waals surface area contributed by atoms with Crippen LogP contribution in [0.5, 0.6) is 0 Å². The Labute approximate surface area is 192 Å². The molecule has 0 spiro atoms. The van der Waals surface area contributed by atoms with E-state index in [9.17, 15) is 14.0 Å². The predicted octanol–water partition coefficient (Wildman–Crippen LogP) is 3.51. The second-order valence-electron chi connectivity index (χ2n) is 7.85. The maximum Gasteiger partial charge on any atom is 0.332 e. The Morgan fingerprint density at radius 2 is 1.85 bits per heavy atom. The monoisotopic (exact) mass is 470 g/mol. The SMILES string of the molecule is CCCn1c(=O)n(C)c(=O)c2c(SCc3noc(-c4ccc(F)cc4)n3)nc(C(C)C)nc21. The summed E-state index contributed by atoms with van der Waals surface area (Å²) in [6.45, 7) is 6.30. The maximum absolute atomic E-state index is 13.2. The fourth-order valence-electron chi connectivity index (χ4n) is 3.30. The van der Waals surface area contributed by atoms with E-state index in [1.165, 1.54) is 35.5 Å². The average Bonchev–Trinajstić information content (AvgIpc) is 3.28. The molecule has 0 atom stereocenters.